The number of aromatic nitrogens is 3. The molecule has 1 N–H and O–H groups in total. The molecule has 0 saturated carbocycles. The molecule has 0 spiro atoms. The van der Waals surface area contributed by atoms with Gasteiger partial charge in [0.2, 0.25) is 0 Å². The summed E-state index contributed by atoms with van der Waals surface area (Å²) < 4.78 is 12.9. The second-order valence-corrected chi connectivity index (χ2v) is 5.56. The lowest BCUT2D eigenvalue weighted by molar-refractivity contribution is 0.146. The summed E-state index contributed by atoms with van der Waals surface area (Å²) in [5.41, 5.74) is 2.16. The third kappa shape index (κ3) is 2.46. The molecular formula is C15H17N3O3S. The van der Waals surface area contributed by atoms with Crippen LogP contribution in [0.1, 0.15) is 30.4 Å². The Hall–Kier alpha value is -1.99. The lowest BCUT2D eigenvalue weighted by Gasteiger charge is -2.23. The van der Waals surface area contributed by atoms with Crippen LogP contribution in [0.15, 0.2) is 21.8 Å². The van der Waals surface area contributed by atoms with Crippen molar-refractivity contribution in [3.8, 4) is 0 Å². The van der Waals surface area contributed by atoms with Crippen LogP contribution in [-0.2, 0) is 17.7 Å². The minimum Gasteiger partial charge on any atom is -0.444 e. The summed E-state index contributed by atoms with van der Waals surface area (Å²) in [6, 6.07) is 0. The van der Waals surface area contributed by atoms with E-state index >= 15 is 0 Å². The van der Waals surface area contributed by atoms with Crippen molar-refractivity contribution in [3.05, 3.63) is 44.7 Å². The van der Waals surface area contributed by atoms with Gasteiger partial charge in [-0.15, -0.1) is 0 Å². The van der Waals surface area contributed by atoms with Gasteiger partial charge in [0.25, 0.3) is 5.56 Å². The molecule has 0 radical (unpaired) electrons. The first-order valence-corrected chi connectivity index (χ1v) is 7.55. The molecule has 2 aromatic rings. The number of aromatic amines is 1. The van der Waals surface area contributed by atoms with Crippen LogP contribution in [0, 0.1) is 4.77 Å². The molecule has 7 heteroatoms. The van der Waals surface area contributed by atoms with E-state index < -0.39 is 0 Å². The third-order valence-corrected chi connectivity index (χ3v) is 4.11. The fourth-order valence-electron chi connectivity index (χ4n) is 2.71. The summed E-state index contributed by atoms with van der Waals surface area (Å²) in [5, 5.41) is 0. The standard InChI is InChI=1S/C15H17N3O3S/c1-3-4-18-14(19)9-5-10(13-7-16-8-21-13)12(20-2)6-11(9)17-15(18)22/h5,7-8,12H,3-4,6H2,1-2H3,(H,17,22). The van der Waals surface area contributed by atoms with Gasteiger partial charge in [-0.2, -0.15) is 0 Å². The normalized spacial score (nSPS) is 17.2. The van der Waals surface area contributed by atoms with Gasteiger partial charge in [-0.3, -0.25) is 9.36 Å². The quantitative estimate of drug-likeness (QED) is 0.876. The van der Waals surface area contributed by atoms with Crippen molar-refractivity contribution in [2.45, 2.75) is 32.4 Å². The molecule has 0 bridgehead atoms. The molecule has 1 atom stereocenters. The predicted molar refractivity (Wildman–Crippen MR) is 85.1 cm³/mol. The maximum Gasteiger partial charge on any atom is 0.261 e. The Morgan fingerprint density at radius 2 is 2.41 bits per heavy atom. The summed E-state index contributed by atoms with van der Waals surface area (Å²) in [4.78, 5) is 19.8. The Bertz CT molecular complexity index is 818. The number of nitrogens with zero attached hydrogens (tertiary/aromatic N) is 2. The summed E-state index contributed by atoms with van der Waals surface area (Å²) in [5.74, 6) is 0.612. The highest BCUT2D eigenvalue weighted by Crippen LogP contribution is 2.29. The van der Waals surface area contributed by atoms with Crippen LogP contribution in [0.3, 0.4) is 0 Å². The van der Waals surface area contributed by atoms with Crippen LogP contribution in [0.5, 0.6) is 0 Å². The van der Waals surface area contributed by atoms with Crippen molar-refractivity contribution in [2.24, 2.45) is 0 Å². The lowest BCUT2D eigenvalue weighted by Crippen LogP contribution is -2.31. The molecule has 22 heavy (non-hydrogen) atoms. The van der Waals surface area contributed by atoms with Crippen molar-refractivity contribution in [1.29, 1.82) is 0 Å². The monoisotopic (exact) mass is 319 g/mol. The average molecular weight is 319 g/mol. The van der Waals surface area contributed by atoms with E-state index in [0.29, 0.717) is 29.1 Å². The van der Waals surface area contributed by atoms with E-state index in [2.05, 4.69) is 9.97 Å². The molecule has 1 aliphatic carbocycles. The Balaban J connectivity index is 2.19. The summed E-state index contributed by atoms with van der Waals surface area (Å²) in [6.45, 7) is 2.61. The maximum atomic E-state index is 12.7. The van der Waals surface area contributed by atoms with Crippen LogP contribution in [0.4, 0.5) is 0 Å². The van der Waals surface area contributed by atoms with E-state index in [-0.39, 0.29) is 11.7 Å². The summed E-state index contributed by atoms with van der Waals surface area (Å²) in [6.07, 6.45) is 5.99. The van der Waals surface area contributed by atoms with Gasteiger partial charge in [-0.05, 0) is 24.7 Å². The van der Waals surface area contributed by atoms with E-state index in [0.717, 1.165) is 17.7 Å². The fraction of sp³-hybridized carbons (Fsp3) is 0.400. The molecule has 0 aromatic carbocycles. The zero-order valence-electron chi connectivity index (χ0n) is 12.5. The number of oxazole rings is 1. The first kappa shape index (κ1) is 14.9. The van der Waals surface area contributed by atoms with Crippen LogP contribution in [0.25, 0.3) is 11.6 Å². The molecule has 3 rings (SSSR count). The number of H-pyrrole nitrogens is 1. The summed E-state index contributed by atoms with van der Waals surface area (Å²) in [7, 11) is 1.63. The second kappa shape index (κ2) is 6.02. The highest BCUT2D eigenvalue weighted by atomic mass is 32.1. The third-order valence-electron chi connectivity index (χ3n) is 3.79. The van der Waals surface area contributed by atoms with Crippen LogP contribution >= 0.6 is 12.2 Å². The van der Waals surface area contributed by atoms with Gasteiger partial charge >= 0.3 is 0 Å². The minimum absolute atomic E-state index is 0.0767. The van der Waals surface area contributed by atoms with Gasteiger partial charge in [0, 0.05) is 31.3 Å². The molecule has 0 fully saturated rings. The van der Waals surface area contributed by atoms with Gasteiger partial charge in [0.15, 0.2) is 16.9 Å². The van der Waals surface area contributed by atoms with Gasteiger partial charge in [0.05, 0.1) is 17.9 Å². The zero-order valence-corrected chi connectivity index (χ0v) is 13.3. The van der Waals surface area contributed by atoms with Crippen molar-refractivity contribution >= 4 is 23.9 Å². The van der Waals surface area contributed by atoms with E-state index in [9.17, 15) is 4.79 Å². The molecule has 2 heterocycles. The summed E-state index contributed by atoms with van der Waals surface area (Å²) >= 11 is 5.29. The number of hydrogen-bond acceptors (Lipinski definition) is 5. The highest BCUT2D eigenvalue weighted by Gasteiger charge is 2.27. The number of fused-ring (bicyclic) bond motifs is 1. The Morgan fingerprint density at radius 3 is 3.05 bits per heavy atom. The zero-order chi connectivity index (χ0) is 15.7. The number of ether oxygens (including phenoxy) is 1. The highest BCUT2D eigenvalue weighted by molar-refractivity contribution is 7.71. The number of methoxy groups -OCH3 is 1. The maximum absolute atomic E-state index is 12.7. The van der Waals surface area contributed by atoms with E-state index in [1.807, 2.05) is 13.0 Å². The van der Waals surface area contributed by atoms with Crippen molar-refractivity contribution in [2.75, 3.05) is 7.11 Å². The second-order valence-electron chi connectivity index (χ2n) is 5.17. The molecule has 116 valence electrons. The van der Waals surface area contributed by atoms with Crippen molar-refractivity contribution < 1.29 is 9.15 Å². The number of rotatable bonds is 4. The Labute approximate surface area is 132 Å². The SMILES string of the molecule is CCCn1c(=S)[nH]c2c(c1=O)C=C(c1cnco1)C(OC)C2. The number of nitrogens with one attached hydrogen (secondary N) is 1. The number of hydrogen-bond donors (Lipinski definition) is 1. The minimum atomic E-state index is -0.201. The Kier molecular flexibility index (Phi) is 4.08. The molecule has 0 saturated heterocycles. The first-order valence-electron chi connectivity index (χ1n) is 7.15. The molecule has 6 nitrogen and oxygen atoms in total. The van der Waals surface area contributed by atoms with Gasteiger partial charge in [-0.25, -0.2) is 4.98 Å². The topological polar surface area (TPSA) is 73.0 Å². The van der Waals surface area contributed by atoms with Gasteiger partial charge < -0.3 is 14.1 Å². The Morgan fingerprint density at radius 1 is 1.59 bits per heavy atom. The van der Waals surface area contributed by atoms with Gasteiger partial charge in [-0.1, -0.05) is 6.92 Å². The molecule has 1 aliphatic rings. The van der Waals surface area contributed by atoms with E-state index in [4.69, 9.17) is 21.4 Å². The molecule has 2 aromatic heterocycles. The first-order chi connectivity index (χ1) is 10.7. The van der Waals surface area contributed by atoms with E-state index in [1.54, 1.807) is 17.9 Å². The molecular weight excluding hydrogens is 302 g/mol. The lowest BCUT2D eigenvalue weighted by atomic mass is 9.93. The molecule has 0 aliphatic heterocycles. The largest absolute Gasteiger partial charge is 0.444 e. The fourth-order valence-corrected chi connectivity index (χ4v) is 3.01. The van der Waals surface area contributed by atoms with Crippen molar-refractivity contribution in [1.82, 2.24) is 14.5 Å². The predicted octanol–water partition coefficient (Wildman–Crippen LogP) is 2.42. The van der Waals surface area contributed by atoms with Gasteiger partial charge in [0.1, 0.15) is 0 Å². The van der Waals surface area contributed by atoms with Crippen LogP contribution in [-0.4, -0.2) is 27.7 Å². The van der Waals surface area contributed by atoms with E-state index in [1.165, 1.54) is 6.39 Å². The molecule has 1 unspecified atom stereocenters. The van der Waals surface area contributed by atoms with Crippen LogP contribution in [0.2, 0.25) is 0 Å². The average Bonchev–Trinajstić information content (AvgIpc) is 3.04. The smallest absolute Gasteiger partial charge is 0.261 e. The van der Waals surface area contributed by atoms with Crippen LogP contribution < -0.4 is 5.56 Å². The molecule has 0 amide bonds. The van der Waals surface area contributed by atoms with Crippen molar-refractivity contribution in [3.63, 3.8) is 0 Å².